The summed E-state index contributed by atoms with van der Waals surface area (Å²) in [6.45, 7) is 4.64. The van der Waals surface area contributed by atoms with E-state index in [2.05, 4.69) is 0 Å². The Morgan fingerprint density at radius 1 is 1.43 bits per heavy atom. The van der Waals surface area contributed by atoms with Gasteiger partial charge in [-0.2, -0.15) is 0 Å². The number of amides is 1. The Balaban J connectivity index is 1.95. The fourth-order valence-electron chi connectivity index (χ4n) is 2.87. The van der Waals surface area contributed by atoms with E-state index in [-0.39, 0.29) is 11.8 Å². The van der Waals surface area contributed by atoms with Crippen LogP contribution in [0, 0.1) is 11.3 Å². The van der Waals surface area contributed by atoms with Gasteiger partial charge in [-0.25, -0.2) is 0 Å². The molecule has 1 aromatic rings. The third-order valence-corrected chi connectivity index (χ3v) is 5.57. The van der Waals surface area contributed by atoms with Crippen LogP contribution in [-0.2, 0) is 9.59 Å². The second-order valence-electron chi connectivity index (χ2n) is 6.15. The van der Waals surface area contributed by atoms with Crippen LogP contribution in [0.1, 0.15) is 20.3 Å². The van der Waals surface area contributed by atoms with Crippen LogP contribution in [0.25, 0.3) is 0 Å². The summed E-state index contributed by atoms with van der Waals surface area (Å²) in [5.41, 5.74) is -0.809. The lowest BCUT2D eigenvalue weighted by molar-refractivity contribution is -0.151. The van der Waals surface area contributed by atoms with Crippen molar-refractivity contribution in [1.29, 1.82) is 0 Å². The minimum atomic E-state index is -0.809. The zero-order chi connectivity index (χ0) is 17.0. The molecule has 0 aliphatic carbocycles. The average molecular weight is 337 g/mol. The van der Waals surface area contributed by atoms with Crippen LogP contribution in [-0.4, -0.2) is 47.8 Å². The maximum Gasteiger partial charge on any atom is 0.311 e. The first kappa shape index (κ1) is 17.7. The minimum Gasteiger partial charge on any atom is -0.497 e. The number of carboxylic acid groups (broad SMARTS) is 1. The molecule has 0 aromatic heterocycles. The molecule has 5 nitrogen and oxygen atoms in total. The van der Waals surface area contributed by atoms with Crippen LogP contribution >= 0.6 is 11.8 Å². The Hall–Kier alpha value is -1.69. The summed E-state index contributed by atoms with van der Waals surface area (Å²) in [6, 6.07) is 7.56. The highest BCUT2D eigenvalue weighted by Gasteiger charge is 2.48. The second-order valence-corrected chi connectivity index (χ2v) is 7.20. The van der Waals surface area contributed by atoms with Crippen LogP contribution in [0.15, 0.2) is 29.2 Å². The molecular formula is C17H23NO4S. The zero-order valence-electron chi connectivity index (χ0n) is 13.7. The average Bonchev–Trinajstić information content (AvgIpc) is 2.99. The zero-order valence-corrected chi connectivity index (χ0v) is 14.6. The van der Waals surface area contributed by atoms with Crippen molar-refractivity contribution in [2.45, 2.75) is 25.2 Å². The van der Waals surface area contributed by atoms with Crippen molar-refractivity contribution in [2.75, 3.05) is 26.0 Å². The van der Waals surface area contributed by atoms with Crippen molar-refractivity contribution in [3.05, 3.63) is 24.3 Å². The lowest BCUT2D eigenvalue weighted by atomic mass is 9.76. The maximum atomic E-state index is 12.4. The highest BCUT2D eigenvalue weighted by atomic mass is 32.2. The largest absolute Gasteiger partial charge is 0.497 e. The van der Waals surface area contributed by atoms with Crippen LogP contribution < -0.4 is 4.74 Å². The van der Waals surface area contributed by atoms with Crippen LogP contribution in [0.3, 0.4) is 0 Å². The van der Waals surface area contributed by atoms with Gasteiger partial charge in [-0.05, 0) is 30.5 Å². The van der Waals surface area contributed by atoms with Crippen LogP contribution in [0.4, 0.5) is 0 Å². The highest BCUT2D eigenvalue weighted by molar-refractivity contribution is 8.00. The SMILES string of the molecule is COc1cccc(SCC(=O)N2CCC(C(=O)O)(C(C)C)C2)c1. The van der Waals surface area contributed by atoms with Crippen molar-refractivity contribution >= 4 is 23.6 Å². The van der Waals surface area contributed by atoms with Crippen molar-refractivity contribution in [3.63, 3.8) is 0 Å². The molecule has 0 spiro atoms. The summed E-state index contributed by atoms with van der Waals surface area (Å²) < 4.78 is 5.17. The van der Waals surface area contributed by atoms with Crippen LogP contribution in [0.5, 0.6) is 5.75 Å². The Bertz CT molecular complexity index is 590. The van der Waals surface area contributed by atoms with E-state index in [4.69, 9.17) is 4.74 Å². The topological polar surface area (TPSA) is 66.8 Å². The molecule has 6 heteroatoms. The Morgan fingerprint density at radius 3 is 2.74 bits per heavy atom. The van der Waals surface area contributed by atoms with Gasteiger partial charge in [0.1, 0.15) is 5.75 Å². The number of hydrogen-bond acceptors (Lipinski definition) is 4. The van der Waals surface area contributed by atoms with Crippen molar-refractivity contribution < 1.29 is 19.4 Å². The number of thioether (sulfide) groups is 1. The molecule has 1 amide bonds. The normalized spacial score (nSPS) is 20.8. The van der Waals surface area contributed by atoms with E-state index in [1.807, 2.05) is 38.1 Å². The number of hydrogen-bond donors (Lipinski definition) is 1. The van der Waals surface area contributed by atoms with Gasteiger partial charge in [-0.3, -0.25) is 9.59 Å². The summed E-state index contributed by atoms with van der Waals surface area (Å²) in [5.74, 6) is 0.253. The molecule has 1 heterocycles. The van der Waals surface area contributed by atoms with E-state index in [1.54, 1.807) is 12.0 Å². The van der Waals surface area contributed by atoms with Gasteiger partial charge < -0.3 is 14.7 Å². The summed E-state index contributed by atoms with van der Waals surface area (Å²) >= 11 is 1.44. The van der Waals surface area contributed by atoms with Gasteiger partial charge in [0.05, 0.1) is 18.3 Å². The Labute approximate surface area is 141 Å². The number of carbonyl (C=O) groups excluding carboxylic acids is 1. The number of likely N-dealkylation sites (tertiary alicyclic amines) is 1. The van der Waals surface area contributed by atoms with Crippen molar-refractivity contribution in [3.8, 4) is 5.75 Å². The first-order chi connectivity index (χ1) is 10.9. The third kappa shape index (κ3) is 3.80. The Kier molecular flexibility index (Phi) is 5.57. The van der Waals surface area contributed by atoms with Gasteiger partial charge in [0.15, 0.2) is 0 Å². The van der Waals surface area contributed by atoms with Crippen LogP contribution in [0.2, 0.25) is 0 Å². The summed E-state index contributed by atoms with van der Waals surface area (Å²) in [7, 11) is 1.61. The first-order valence-corrected chi connectivity index (χ1v) is 8.65. The molecule has 126 valence electrons. The van der Waals surface area contributed by atoms with E-state index >= 15 is 0 Å². The fraction of sp³-hybridized carbons (Fsp3) is 0.529. The van der Waals surface area contributed by atoms with Gasteiger partial charge in [0.25, 0.3) is 0 Å². The summed E-state index contributed by atoms with van der Waals surface area (Å²) in [6.07, 6.45) is 0.523. The standard InChI is InChI=1S/C17H23NO4S/c1-12(2)17(16(20)21)7-8-18(11-17)15(19)10-23-14-6-4-5-13(9-14)22-3/h4-6,9,12H,7-8,10-11H2,1-3H3,(H,20,21). The van der Waals surface area contributed by atoms with Gasteiger partial charge in [0.2, 0.25) is 5.91 Å². The molecule has 1 aliphatic rings. The molecule has 1 aliphatic heterocycles. The molecule has 23 heavy (non-hydrogen) atoms. The van der Waals surface area contributed by atoms with Crippen molar-refractivity contribution in [1.82, 2.24) is 4.90 Å². The lowest BCUT2D eigenvalue weighted by Gasteiger charge is -2.28. The van der Waals surface area contributed by atoms with E-state index in [0.29, 0.717) is 25.3 Å². The number of nitrogens with zero attached hydrogens (tertiary/aromatic N) is 1. The number of benzene rings is 1. The molecule has 0 saturated carbocycles. The number of ether oxygens (including phenoxy) is 1. The summed E-state index contributed by atoms with van der Waals surface area (Å²) in [5, 5.41) is 9.54. The smallest absolute Gasteiger partial charge is 0.311 e. The summed E-state index contributed by atoms with van der Waals surface area (Å²) in [4.78, 5) is 26.7. The molecule has 0 bridgehead atoms. The molecule has 1 N–H and O–H groups in total. The van der Waals surface area contributed by atoms with Crippen molar-refractivity contribution in [2.24, 2.45) is 11.3 Å². The molecule has 0 radical (unpaired) electrons. The number of carbonyl (C=O) groups is 2. The molecular weight excluding hydrogens is 314 g/mol. The molecule has 1 atom stereocenters. The fourth-order valence-corrected chi connectivity index (χ4v) is 3.71. The monoisotopic (exact) mass is 337 g/mol. The minimum absolute atomic E-state index is 0.00355. The predicted octanol–water partition coefficient (Wildman–Crippen LogP) is 2.75. The highest BCUT2D eigenvalue weighted by Crippen LogP contribution is 2.38. The number of carboxylic acids is 1. The molecule has 1 unspecified atom stereocenters. The molecule has 1 aromatic carbocycles. The number of methoxy groups -OCH3 is 1. The lowest BCUT2D eigenvalue weighted by Crippen LogP contribution is -2.41. The molecule has 1 saturated heterocycles. The third-order valence-electron chi connectivity index (χ3n) is 4.59. The van der Waals surface area contributed by atoms with E-state index in [1.165, 1.54) is 11.8 Å². The molecule has 1 fully saturated rings. The predicted molar refractivity (Wildman–Crippen MR) is 89.8 cm³/mol. The maximum absolute atomic E-state index is 12.4. The Morgan fingerprint density at radius 2 is 2.17 bits per heavy atom. The van der Waals surface area contributed by atoms with Gasteiger partial charge in [-0.15, -0.1) is 11.8 Å². The molecule has 2 rings (SSSR count). The quantitative estimate of drug-likeness (QED) is 0.809. The van der Waals surface area contributed by atoms with Gasteiger partial charge >= 0.3 is 5.97 Å². The number of aliphatic carboxylic acids is 1. The van der Waals surface area contributed by atoms with E-state index in [0.717, 1.165) is 10.6 Å². The number of rotatable bonds is 6. The van der Waals surface area contributed by atoms with Gasteiger partial charge in [0, 0.05) is 18.0 Å². The second kappa shape index (κ2) is 7.25. The van der Waals surface area contributed by atoms with E-state index < -0.39 is 11.4 Å². The van der Waals surface area contributed by atoms with Gasteiger partial charge in [-0.1, -0.05) is 19.9 Å². The van der Waals surface area contributed by atoms with E-state index in [9.17, 15) is 14.7 Å². The first-order valence-electron chi connectivity index (χ1n) is 7.67.